The number of benzene rings is 1. The Morgan fingerprint density at radius 2 is 2.10 bits per heavy atom. The lowest BCUT2D eigenvalue weighted by Gasteiger charge is -2.32. The monoisotopic (exact) mass is 285 g/mol. The summed E-state index contributed by atoms with van der Waals surface area (Å²) in [6.45, 7) is 9.82. The van der Waals surface area contributed by atoms with E-state index in [0.29, 0.717) is 0 Å². The topological polar surface area (TPSA) is 39.1 Å². The van der Waals surface area contributed by atoms with Crippen LogP contribution in [0.1, 0.15) is 39.2 Å². The molecule has 2 unspecified atom stereocenters. The highest BCUT2D eigenvalue weighted by Gasteiger charge is 2.33. The molecule has 21 heavy (non-hydrogen) atoms. The Labute approximate surface area is 129 Å². The summed E-state index contributed by atoms with van der Waals surface area (Å²) >= 11 is 0. The van der Waals surface area contributed by atoms with Crippen molar-refractivity contribution in [2.45, 2.75) is 45.2 Å². The van der Waals surface area contributed by atoms with Crippen molar-refractivity contribution < 1.29 is 0 Å². The number of hydrogen-bond donors (Lipinski definition) is 1. The van der Waals surface area contributed by atoms with E-state index < -0.39 is 5.54 Å². The zero-order valence-corrected chi connectivity index (χ0v) is 13.5. The normalized spacial score (nSPS) is 22.1. The average molecular weight is 285 g/mol. The van der Waals surface area contributed by atoms with Gasteiger partial charge >= 0.3 is 0 Å². The standard InChI is InChI=1S/C18H27N3/c1-15(2)20-18(14-19,17-7-5-4-6-8-17)10-12-21-11-9-16(3)13-21/h4-8,15-16,20H,9-13H2,1-3H3. The second-order valence-corrected chi connectivity index (χ2v) is 6.63. The summed E-state index contributed by atoms with van der Waals surface area (Å²) in [7, 11) is 0. The van der Waals surface area contributed by atoms with Crippen LogP contribution in [0.25, 0.3) is 0 Å². The van der Waals surface area contributed by atoms with E-state index >= 15 is 0 Å². The molecule has 1 fully saturated rings. The Hall–Kier alpha value is -1.37. The van der Waals surface area contributed by atoms with E-state index in [4.69, 9.17) is 0 Å². The van der Waals surface area contributed by atoms with Gasteiger partial charge in [-0.15, -0.1) is 0 Å². The second kappa shape index (κ2) is 7.06. The molecule has 1 aliphatic rings. The van der Waals surface area contributed by atoms with Crippen molar-refractivity contribution in [2.24, 2.45) is 5.92 Å². The summed E-state index contributed by atoms with van der Waals surface area (Å²) in [6.07, 6.45) is 2.11. The molecule has 0 aromatic heterocycles. The van der Waals surface area contributed by atoms with Crippen LogP contribution in [-0.4, -0.2) is 30.6 Å². The molecule has 0 aliphatic carbocycles. The van der Waals surface area contributed by atoms with Crippen LogP contribution >= 0.6 is 0 Å². The average Bonchev–Trinajstić information content (AvgIpc) is 2.90. The Kier molecular flexibility index (Phi) is 5.39. The number of nitrogens with one attached hydrogen (secondary N) is 1. The molecule has 0 radical (unpaired) electrons. The lowest BCUT2D eigenvalue weighted by atomic mass is 9.87. The van der Waals surface area contributed by atoms with E-state index in [-0.39, 0.29) is 6.04 Å². The molecule has 114 valence electrons. The van der Waals surface area contributed by atoms with Crippen molar-refractivity contribution in [3.05, 3.63) is 35.9 Å². The largest absolute Gasteiger partial charge is 0.303 e. The summed E-state index contributed by atoms with van der Waals surface area (Å²) in [5.74, 6) is 0.788. The first-order chi connectivity index (χ1) is 10.1. The van der Waals surface area contributed by atoms with Gasteiger partial charge in [0, 0.05) is 19.1 Å². The fourth-order valence-electron chi connectivity index (χ4n) is 3.22. The van der Waals surface area contributed by atoms with Gasteiger partial charge in [0.25, 0.3) is 0 Å². The van der Waals surface area contributed by atoms with Gasteiger partial charge < -0.3 is 4.90 Å². The predicted molar refractivity (Wildman–Crippen MR) is 86.8 cm³/mol. The van der Waals surface area contributed by atoms with E-state index in [1.54, 1.807) is 0 Å². The molecular weight excluding hydrogens is 258 g/mol. The lowest BCUT2D eigenvalue weighted by Crippen LogP contribution is -2.47. The number of rotatable bonds is 6. The number of nitrogens with zero attached hydrogens (tertiary/aromatic N) is 2. The van der Waals surface area contributed by atoms with E-state index in [9.17, 15) is 5.26 Å². The molecule has 1 aliphatic heterocycles. The quantitative estimate of drug-likeness (QED) is 0.873. The SMILES string of the molecule is CC1CCN(CCC(C#N)(NC(C)C)c2ccccc2)C1. The third-order valence-electron chi connectivity index (χ3n) is 4.30. The van der Waals surface area contributed by atoms with Gasteiger partial charge in [0.15, 0.2) is 0 Å². The molecule has 3 heteroatoms. The van der Waals surface area contributed by atoms with Crippen molar-refractivity contribution in [3.63, 3.8) is 0 Å². The van der Waals surface area contributed by atoms with Gasteiger partial charge in [-0.3, -0.25) is 5.32 Å². The molecule has 1 aromatic carbocycles. The molecule has 1 saturated heterocycles. The van der Waals surface area contributed by atoms with Crippen LogP contribution in [0.2, 0.25) is 0 Å². The zero-order chi connectivity index (χ0) is 15.3. The molecule has 2 rings (SSSR count). The van der Waals surface area contributed by atoms with Crippen LogP contribution in [-0.2, 0) is 5.54 Å². The summed E-state index contributed by atoms with van der Waals surface area (Å²) in [5, 5.41) is 13.4. The van der Waals surface area contributed by atoms with Gasteiger partial charge in [0.05, 0.1) is 6.07 Å². The van der Waals surface area contributed by atoms with Crippen LogP contribution < -0.4 is 5.32 Å². The molecule has 0 saturated carbocycles. The Bertz CT molecular complexity index is 477. The first-order valence-corrected chi connectivity index (χ1v) is 8.02. The molecule has 3 nitrogen and oxygen atoms in total. The van der Waals surface area contributed by atoms with Gasteiger partial charge in [0.2, 0.25) is 0 Å². The fourth-order valence-corrected chi connectivity index (χ4v) is 3.22. The molecular formula is C18H27N3. The van der Waals surface area contributed by atoms with Crippen molar-refractivity contribution in [1.29, 1.82) is 5.26 Å². The molecule has 1 N–H and O–H groups in total. The zero-order valence-electron chi connectivity index (χ0n) is 13.5. The van der Waals surface area contributed by atoms with E-state index in [0.717, 1.165) is 31.0 Å². The highest BCUT2D eigenvalue weighted by Crippen LogP contribution is 2.27. The van der Waals surface area contributed by atoms with E-state index in [1.165, 1.54) is 13.0 Å². The van der Waals surface area contributed by atoms with Crippen molar-refractivity contribution in [1.82, 2.24) is 10.2 Å². The van der Waals surface area contributed by atoms with Gasteiger partial charge in [-0.25, -0.2) is 0 Å². The smallest absolute Gasteiger partial charge is 0.133 e. The minimum atomic E-state index is -0.582. The minimum absolute atomic E-state index is 0.280. The summed E-state index contributed by atoms with van der Waals surface area (Å²) in [5.41, 5.74) is 0.495. The first kappa shape index (κ1) is 16.0. The van der Waals surface area contributed by atoms with Crippen LogP contribution in [0, 0.1) is 17.2 Å². The lowest BCUT2D eigenvalue weighted by molar-refractivity contribution is 0.267. The molecule has 1 heterocycles. The van der Waals surface area contributed by atoms with Crippen LogP contribution in [0.15, 0.2) is 30.3 Å². The van der Waals surface area contributed by atoms with Crippen molar-refractivity contribution in [3.8, 4) is 6.07 Å². The second-order valence-electron chi connectivity index (χ2n) is 6.63. The molecule has 0 spiro atoms. The van der Waals surface area contributed by atoms with E-state index in [1.807, 2.05) is 18.2 Å². The molecule has 0 bridgehead atoms. The van der Waals surface area contributed by atoms with Gasteiger partial charge in [0.1, 0.15) is 5.54 Å². The Morgan fingerprint density at radius 3 is 2.62 bits per heavy atom. The maximum Gasteiger partial charge on any atom is 0.133 e. The Morgan fingerprint density at radius 1 is 1.38 bits per heavy atom. The van der Waals surface area contributed by atoms with Crippen LogP contribution in [0.3, 0.4) is 0 Å². The molecule has 1 aromatic rings. The predicted octanol–water partition coefficient (Wildman–Crippen LogP) is 3.14. The third kappa shape index (κ3) is 4.06. The highest BCUT2D eigenvalue weighted by molar-refractivity contribution is 5.31. The Balaban J connectivity index is 2.14. The summed E-state index contributed by atoms with van der Waals surface area (Å²) in [6, 6.07) is 13.0. The van der Waals surface area contributed by atoms with Gasteiger partial charge in [-0.1, -0.05) is 37.3 Å². The van der Waals surface area contributed by atoms with Gasteiger partial charge in [-0.05, 0) is 44.7 Å². The molecule has 2 atom stereocenters. The van der Waals surface area contributed by atoms with Crippen molar-refractivity contribution in [2.75, 3.05) is 19.6 Å². The highest BCUT2D eigenvalue weighted by atomic mass is 15.1. The number of hydrogen-bond acceptors (Lipinski definition) is 3. The fraction of sp³-hybridized carbons (Fsp3) is 0.611. The number of nitriles is 1. The number of likely N-dealkylation sites (tertiary alicyclic amines) is 1. The third-order valence-corrected chi connectivity index (χ3v) is 4.30. The maximum atomic E-state index is 9.87. The van der Waals surface area contributed by atoms with Crippen LogP contribution in [0.4, 0.5) is 0 Å². The van der Waals surface area contributed by atoms with E-state index in [2.05, 4.69) is 49.2 Å². The minimum Gasteiger partial charge on any atom is -0.303 e. The summed E-state index contributed by atoms with van der Waals surface area (Å²) < 4.78 is 0. The first-order valence-electron chi connectivity index (χ1n) is 8.02. The molecule has 0 amide bonds. The van der Waals surface area contributed by atoms with Crippen LogP contribution in [0.5, 0.6) is 0 Å². The van der Waals surface area contributed by atoms with Crippen molar-refractivity contribution >= 4 is 0 Å². The summed E-state index contributed by atoms with van der Waals surface area (Å²) in [4.78, 5) is 2.49. The van der Waals surface area contributed by atoms with Gasteiger partial charge in [-0.2, -0.15) is 5.26 Å². The maximum absolute atomic E-state index is 9.87.